The highest BCUT2D eigenvalue weighted by atomic mass is 19.1. The lowest BCUT2D eigenvalue weighted by atomic mass is 10.0. The van der Waals surface area contributed by atoms with E-state index in [2.05, 4.69) is 0 Å². The van der Waals surface area contributed by atoms with Crippen LogP contribution in [0, 0.1) is 17.6 Å². The quantitative estimate of drug-likeness (QED) is 0.777. The Morgan fingerprint density at radius 2 is 2.00 bits per heavy atom. The van der Waals surface area contributed by atoms with E-state index in [0.717, 1.165) is 18.6 Å². The molecule has 1 saturated heterocycles. The summed E-state index contributed by atoms with van der Waals surface area (Å²) in [5.74, 6) is -1.12. The lowest BCUT2D eigenvalue weighted by molar-refractivity contribution is 0.244. The Morgan fingerprint density at radius 1 is 1.41 bits per heavy atom. The van der Waals surface area contributed by atoms with E-state index in [1.54, 1.807) is 4.90 Å². The first kappa shape index (κ1) is 12.1. The molecule has 1 aromatic rings. The predicted molar refractivity (Wildman–Crippen MR) is 62.8 cm³/mol. The molecule has 0 bridgehead atoms. The Morgan fingerprint density at radius 3 is 2.53 bits per heavy atom. The first-order chi connectivity index (χ1) is 8.04. The zero-order valence-corrected chi connectivity index (χ0v) is 9.66. The Bertz CT molecular complexity index is 402. The predicted octanol–water partition coefficient (Wildman–Crippen LogP) is 1.75. The van der Waals surface area contributed by atoms with Crippen molar-refractivity contribution in [3.63, 3.8) is 0 Å². The number of nitrogen functional groups attached to an aromatic ring is 1. The van der Waals surface area contributed by atoms with Gasteiger partial charge < -0.3 is 15.7 Å². The van der Waals surface area contributed by atoms with Crippen molar-refractivity contribution in [1.82, 2.24) is 0 Å². The largest absolute Gasteiger partial charge is 0.399 e. The van der Waals surface area contributed by atoms with Crippen LogP contribution in [-0.4, -0.2) is 24.3 Å². The van der Waals surface area contributed by atoms with Crippen LogP contribution in [0.2, 0.25) is 0 Å². The number of aliphatic hydroxyl groups is 1. The maximum Gasteiger partial charge on any atom is 0.151 e. The number of halogens is 2. The zero-order chi connectivity index (χ0) is 12.6. The molecule has 2 unspecified atom stereocenters. The summed E-state index contributed by atoms with van der Waals surface area (Å²) < 4.78 is 27.5. The minimum absolute atomic E-state index is 0.0662. The second kappa shape index (κ2) is 4.49. The average molecular weight is 242 g/mol. The molecule has 1 heterocycles. The van der Waals surface area contributed by atoms with Crippen LogP contribution in [0.25, 0.3) is 0 Å². The van der Waals surface area contributed by atoms with Crippen LogP contribution in [0.5, 0.6) is 0 Å². The molecule has 5 heteroatoms. The average Bonchev–Trinajstić information content (AvgIpc) is 2.58. The number of benzene rings is 1. The lowest BCUT2D eigenvalue weighted by Gasteiger charge is -2.28. The molecule has 0 aliphatic carbocycles. The molecule has 0 aromatic heterocycles. The fourth-order valence-corrected chi connectivity index (χ4v) is 2.42. The van der Waals surface area contributed by atoms with Crippen molar-refractivity contribution in [2.45, 2.75) is 19.4 Å². The van der Waals surface area contributed by atoms with E-state index < -0.39 is 11.6 Å². The first-order valence-electron chi connectivity index (χ1n) is 5.66. The highest BCUT2D eigenvalue weighted by Gasteiger charge is 2.33. The van der Waals surface area contributed by atoms with Crippen LogP contribution >= 0.6 is 0 Å². The van der Waals surface area contributed by atoms with Crippen molar-refractivity contribution >= 4 is 11.4 Å². The number of anilines is 2. The van der Waals surface area contributed by atoms with E-state index in [-0.39, 0.29) is 29.9 Å². The minimum Gasteiger partial charge on any atom is -0.399 e. The maximum absolute atomic E-state index is 13.8. The Labute approximate surface area is 98.8 Å². The number of hydrogen-bond acceptors (Lipinski definition) is 3. The van der Waals surface area contributed by atoms with Crippen molar-refractivity contribution in [3.8, 4) is 0 Å². The fourth-order valence-electron chi connectivity index (χ4n) is 2.42. The van der Waals surface area contributed by atoms with E-state index in [0.29, 0.717) is 6.54 Å². The first-order valence-corrected chi connectivity index (χ1v) is 5.66. The summed E-state index contributed by atoms with van der Waals surface area (Å²) in [7, 11) is 0. The van der Waals surface area contributed by atoms with Gasteiger partial charge in [-0.3, -0.25) is 0 Å². The molecule has 0 radical (unpaired) electrons. The van der Waals surface area contributed by atoms with E-state index >= 15 is 0 Å². The van der Waals surface area contributed by atoms with Gasteiger partial charge in [0, 0.05) is 12.2 Å². The van der Waals surface area contributed by atoms with Gasteiger partial charge in [-0.1, -0.05) is 6.92 Å². The van der Waals surface area contributed by atoms with Crippen molar-refractivity contribution < 1.29 is 13.9 Å². The number of aliphatic hydroxyl groups excluding tert-OH is 1. The Balaban J connectivity index is 2.40. The van der Waals surface area contributed by atoms with Gasteiger partial charge in [-0.05, 0) is 24.5 Å². The van der Waals surface area contributed by atoms with Gasteiger partial charge >= 0.3 is 0 Å². The van der Waals surface area contributed by atoms with Crippen LogP contribution < -0.4 is 10.6 Å². The summed E-state index contributed by atoms with van der Waals surface area (Å²) >= 11 is 0. The summed E-state index contributed by atoms with van der Waals surface area (Å²) in [5, 5.41) is 9.29. The molecule has 1 aromatic carbocycles. The number of nitrogens with zero attached hydrogens (tertiary/aromatic N) is 1. The summed E-state index contributed by atoms with van der Waals surface area (Å²) in [4.78, 5) is 1.59. The van der Waals surface area contributed by atoms with E-state index in [1.807, 2.05) is 6.92 Å². The molecule has 2 atom stereocenters. The second-order valence-electron chi connectivity index (χ2n) is 4.54. The minimum atomic E-state index is -0.671. The maximum atomic E-state index is 13.8. The molecule has 2 rings (SSSR count). The van der Waals surface area contributed by atoms with Crippen LogP contribution in [0.3, 0.4) is 0 Å². The molecule has 1 aliphatic heterocycles. The number of hydrogen-bond donors (Lipinski definition) is 2. The van der Waals surface area contributed by atoms with Crippen molar-refractivity contribution in [1.29, 1.82) is 0 Å². The third-order valence-electron chi connectivity index (χ3n) is 3.40. The third kappa shape index (κ3) is 2.07. The Kier molecular flexibility index (Phi) is 3.19. The molecule has 94 valence electrons. The monoisotopic (exact) mass is 242 g/mol. The smallest absolute Gasteiger partial charge is 0.151 e. The molecule has 1 fully saturated rings. The normalized spacial score (nSPS) is 24.4. The van der Waals surface area contributed by atoms with Gasteiger partial charge in [0.2, 0.25) is 0 Å². The van der Waals surface area contributed by atoms with Crippen molar-refractivity contribution in [2.75, 3.05) is 23.8 Å². The molecule has 0 saturated carbocycles. The van der Waals surface area contributed by atoms with Gasteiger partial charge in [0.25, 0.3) is 0 Å². The molecule has 3 nitrogen and oxygen atoms in total. The van der Waals surface area contributed by atoms with Crippen molar-refractivity contribution in [2.24, 2.45) is 5.92 Å². The molecular formula is C12H16F2N2O. The van der Waals surface area contributed by atoms with E-state index in [4.69, 9.17) is 5.73 Å². The molecule has 0 spiro atoms. The molecule has 0 amide bonds. The zero-order valence-electron chi connectivity index (χ0n) is 9.66. The molecule has 1 aliphatic rings. The summed E-state index contributed by atoms with van der Waals surface area (Å²) in [6.45, 7) is 2.41. The number of nitrogens with two attached hydrogens (primary N) is 1. The number of rotatable bonds is 2. The summed E-state index contributed by atoms with van der Waals surface area (Å²) in [6.07, 6.45) is 0.814. The van der Waals surface area contributed by atoms with Crippen LogP contribution in [0.4, 0.5) is 20.2 Å². The van der Waals surface area contributed by atoms with E-state index in [1.165, 1.54) is 0 Å². The summed E-state index contributed by atoms with van der Waals surface area (Å²) in [6, 6.07) is 1.98. The van der Waals surface area contributed by atoms with Gasteiger partial charge in [-0.2, -0.15) is 0 Å². The van der Waals surface area contributed by atoms with Crippen LogP contribution in [0.15, 0.2) is 12.1 Å². The highest BCUT2D eigenvalue weighted by molar-refractivity contribution is 5.57. The molecular weight excluding hydrogens is 226 g/mol. The summed E-state index contributed by atoms with van der Waals surface area (Å²) in [5.41, 5.74) is 5.36. The van der Waals surface area contributed by atoms with Gasteiger partial charge in [0.05, 0.1) is 12.6 Å². The standard InChI is InChI=1S/C12H16F2N2O/c1-7-2-3-16(11(7)6-17)12-9(13)4-8(15)5-10(12)14/h4-5,7,11,17H,2-3,6,15H2,1H3. The van der Waals surface area contributed by atoms with Gasteiger partial charge in [0.1, 0.15) is 5.69 Å². The second-order valence-corrected chi connectivity index (χ2v) is 4.54. The van der Waals surface area contributed by atoms with Crippen molar-refractivity contribution in [3.05, 3.63) is 23.8 Å². The van der Waals surface area contributed by atoms with E-state index in [9.17, 15) is 13.9 Å². The molecule has 17 heavy (non-hydrogen) atoms. The molecule has 3 N–H and O–H groups in total. The van der Waals surface area contributed by atoms with Crippen LogP contribution in [0.1, 0.15) is 13.3 Å². The Hall–Kier alpha value is -1.36. The van der Waals surface area contributed by atoms with Gasteiger partial charge in [0.15, 0.2) is 11.6 Å². The SMILES string of the molecule is CC1CCN(c2c(F)cc(N)cc2F)C1CO. The van der Waals surface area contributed by atoms with Gasteiger partial charge in [-0.15, -0.1) is 0 Å². The van der Waals surface area contributed by atoms with Gasteiger partial charge in [-0.25, -0.2) is 8.78 Å². The lowest BCUT2D eigenvalue weighted by Crippen LogP contribution is -2.36. The fraction of sp³-hybridized carbons (Fsp3) is 0.500. The van der Waals surface area contributed by atoms with Crippen LogP contribution in [-0.2, 0) is 0 Å². The third-order valence-corrected chi connectivity index (χ3v) is 3.40. The highest BCUT2D eigenvalue weighted by Crippen LogP contribution is 2.34. The topological polar surface area (TPSA) is 49.5 Å².